The second-order valence-electron chi connectivity index (χ2n) is 4.47. The molecule has 0 atom stereocenters. The smallest absolute Gasteiger partial charge is 0.298 e. The van der Waals surface area contributed by atoms with Gasteiger partial charge in [0, 0.05) is 6.54 Å². The second-order valence-corrected chi connectivity index (χ2v) is 4.47. The molecule has 0 spiro atoms. The SMILES string of the molecule is CCCCN(Cc1ccco1)C(=O)C(=O)c1ccco1. The van der Waals surface area contributed by atoms with Gasteiger partial charge in [0.05, 0.1) is 19.1 Å². The fourth-order valence-corrected chi connectivity index (χ4v) is 1.85. The minimum Gasteiger partial charge on any atom is -0.467 e. The quantitative estimate of drug-likeness (QED) is 0.575. The van der Waals surface area contributed by atoms with Crippen LogP contribution >= 0.6 is 0 Å². The molecule has 5 nitrogen and oxygen atoms in total. The number of ketones is 1. The number of hydrogen-bond donors (Lipinski definition) is 0. The molecule has 0 N–H and O–H groups in total. The molecule has 2 aromatic heterocycles. The van der Waals surface area contributed by atoms with E-state index in [1.165, 1.54) is 17.2 Å². The van der Waals surface area contributed by atoms with Crippen LogP contribution in [0.5, 0.6) is 0 Å². The van der Waals surface area contributed by atoms with Crippen LogP contribution in [0, 0.1) is 0 Å². The number of nitrogens with zero attached hydrogens (tertiary/aromatic N) is 1. The molecule has 0 fully saturated rings. The lowest BCUT2D eigenvalue weighted by Gasteiger charge is -2.20. The maximum Gasteiger partial charge on any atom is 0.298 e. The zero-order chi connectivity index (χ0) is 14.4. The lowest BCUT2D eigenvalue weighted by atomic mass is 10.2. The molecular weight excluding hydrogens is 258 g/mol. The van der Waals surface area contributed by atoms with Gasteiger partial charge in [-0.25, -0.2) is 0 Å². The molecule has 0 aliphatic carbocycles. The lowest BCUT2D eigenvalue weighted by Crippen LogP contribution is -2.36. The molecule has 5 heteroatoms. The molecule has 2 heterocycles. The van der Waals surface area contributed by atoms with Crippen molar-refractivity contribution in [2.45, 2.75) is 26.3 Å². The summed E-state index contributed by atoms with van der Waals surface area (Å²) in [6.07, 6.45) is 4.70. The van der Waals surface area contributed by atoms with Crippen molar-refractivity contribution in [2.75, 3.05) is 6.54 Å². The van der Waals surface area contributed by atoms with E-state index in [2.05, 4.69) is 0 Å². The number of carbonyl (C=O) groups is 2. The van der Waals surface area contributed by atoms with Crippen LogP contribution in [0.4, 0.5) is 0 Å². The van der Waals surface area contributed by atoms with Gasteiger partial charge in [-0.15, -0.1) is 0 Å². The third-order valence-corrected chi connectivity index (χ3v) is 2.93. The molecule has 0 unspecified atom stereocenters. The van der Waals surface area contributed by atoms with Gasteiger partial charge in [-0.2, -0.15) is 0 Å². The third kappa shape index (κ3) is 3.38. The number of hydrogen-bond acceptors (Lipinski definition) is 4. The summed E-state index contributed by atoms with van der Waals surface area (Å²) < 4.78 is 10.2. The van der Waals surface area contributed by atoms with Gasteiger partial charge in [-0.05, 0) is 30.7 Å². The van der Waals surface area contributed by atoms with Crippen LogP contribution in [0.25, 0.3) is 0 Å². The van der Waals surface area contributed by atoms with Crippen molar-refractivity contribution in [3.63, 3.8) is 0 Å². The third-order valence-electron chi connectivity index (χ3n) is 2.93. The van der Waals surface area contributed by atoms with Gasteiger partial charge in [-0.3, -0.25) is 9.59 Å². The minimum absolute atomic E-state index is 0.0657. The van der Waals surface area contributed by atoms with Gasteiger partial charge >= 0.3 is 0 Å². The summed E-state index contributed by atoms with van der Waals surface area (Å²) >= 11 is 0. The fraction of sp³-hybridized carbons (Fsp3) is 0.333. The molecule has 1 amide bonds. The van der Waals surface area contributed by atoms with Crippen molar-refractivity contribution >= 4 is 11.7 Å². The van der Waals surface area contributed by atoms with Crippen molar-refractivity contribution in [1.82, 2.24) is 4.90 Å². The van der Waals surface area contributed by atoms with E-state index in [4.69, 9.17) is 8.83 Å². The average molecular weight is 275 g/mol. The summed E-state index contributed by atoms with van der Waals surface area (Å²) in [6.45, 7) is 2.84. The van der Waals surface area contributed by atoms with E-state index in [1.54, 1.807) is 24.5 Å². The van der Waals surface area contributed by atoms with Crippen molar-refractivity contribution in [2.24, 2.45) is 0 Å². The predicted octanol–water partition coefficient (Wildman–Crippen LogP) is 2.88. The Balaban J connectivity index is 2.09. The van der Waals surface area contributed by atoms with E-state index < -0.39 is 11.7 Å². The summed E-state index contributed by atoms with van der Waals surface area (Å²) in [7, 11) is 0. The topological polar surface area (TPSA) is 63.7 Å². The number of Topliss-reactive ketones (excluding diaryl/α,β-unsaturated/α-hetero) is 1. The summed E-state index contributed by atoms with van der Waals surface area (Å²) in [5, 5.41) is 0. The first-order valence-corrected chi connectivity index (χ1v) is 6.62. The first-order chi connectivity index (χ1) is 9.72. The summed E-state index contributed by atoms with van der Waals surface area (Å²) in [5.74, 6) is -0.472. The molecule has 0 aromatic carbocycles. The molecule has 0 saturated heterocycles. The maximum atomic E-state index is 12.2. The van der Waals surface area contributed by atoms with E-state index in [0.29, 0.717) is 12.3 Å². The summed E-state index contributed by atoms with van der Waals surface area (Å²) in [5.41, 5.74) is 0. The van der Waals surface area contributed by atoms with Crippen LogP contribution in [0.3, 0.4) is 0 Å². The van der Waals surface area contributed by atoms with Crippen molar-refractivity contribution in [3.05, 3.63) is 48.3 Å². The number of unbranched alkanes of at least 4 members (excludes halogenated alkanes) is 1. The van der Waals surface area contributed by atoms with Gasteiger partial charge in [0.2, 0.25) is 0 Å². The predicted molar refractivity (Wildman–Crippen MR) is 72.1 cm³/mol. The highest BCUT2D eigenvalue weighted by Crippen LogP contribution is 2.10. The number of furan rings is 2. The van der Waals surface area contributed by atoms with Crippen molar-refractivity contribution < 1.29 is 18.4 Å². The monoisotopic (exact) mass is 275 g/mol. The molecule has 2 rings (SSSR count). The standard InChI is InChI=1S/C15H17NO4/c1-2-3-8-16(11-12-6-4-9-19-12)15(18)14(17)13-7-5-10-20-13/h4-7,9-10H,2-3,8,11H2,1H3. The summed E-state index contributed by atoms with van der Waals surface area (Å²) in [4.78, 5) is 25.8. The van der Waals surface area contributed by atoms with E-state index in [0.717, 1.165) is 12.8 Å². The Morgan fingerprint density at radius 3 is 2.50 bits per heavy atom. The molecular formula is C15H17NO4. The second kappa shape index (κ2) is 6.75. The van der Waals surface area contributed by atoms with Crippen LogP contribution in [0.15, 0.2) is 45.6 Å². The largest absolute Gasteiger partial charge is 0.467 e. The Morgan fingerprint density at radius 1 is 1.15 bits per heavy atom. The normalized spacial score (nSPS) is 10.4. The highest BCUT2D eigenvalue weighted by Gasteiger charge is 2.25. The molecule has 20 heavy (non-hydrogen) atoms. The molecule has 0 aliphatic heterocycles. The van der Waals surface area contributed by atoms with E-state index >= 15 is 0 Å². The van der Waals surface area contributed by atoms with Gasteiger partial charge in [-0.1, -0.05) is 13.3 Å². The van der Waals surface area contributed by atoms with Crippen LogP contribution in [0.1, 0.15) is 36.1 Å². The zero-order valence-electron chi connectivity index (χ0n) is 11.4. The molecule has 0 radical (unpaired) electrons. The first-order valence-electron chi connectivity index (χ1n) is 6.62. The molecule has 2 aromatic rings. The van der Waals surface area contributed by atoms with E-state index in [9.17, 15) is 9.59 Å². The van der Waals surface area contributed by atoms with Gasteiger partial charge in [0.25, 0.3) is 11.7 Å². The maximum absolute atomic E-state index is 12.2. The highest BCUT2D eigenvalue weighted by atomic mass is 16.3. The van der Waals surface area contributed by atoms with E-state index in [-0.39, 0.29) is 12.3 Å². The number of amides is 1. The number of rotatable bonds is 7. The van der Waals surface area contributed by atoms with Gasteiger partial charge in [0.15, 0.2) is 5.76 Å². The van der Waals surface area contributed by atoms with Crippen LogP contribution in [-0.2, 0) is 11.3 Å². The zero-order valence-corrected chi connectivity index (χ0v) is 11.4. The Morgan fingerprint density at radius 2 is 1.90 bits per heavy atom. The van der Waals surface area contributed by atoms with Crippen LogP contribution in [-0.4, -0.2) is 23.1 Å². The van der Waals surface area contributed by atoms with Crippen LogP contribution < -0.4 is 0 Å². The Hall–Kier alpha value is -2.30. The average Bonchev–Trinajstić information content (AvgIpc) is 3.14. The van der Waals surface area contributed by atoms with Crippen LogP contribution in [0.2, 0.25) is 0 Å². The Labute approximate surface area is 117 Å². The van der Waals surface area contributed by atoms with Gasteiger partial charge < -0.3 is 13.7 Å². The number of carbonyl (C=O) groups excluding carboxylic acids is 2. The van der Waals surface area contributed by atoms with Gasteiger partial charge in [0.1, 0.15) is 5.76 Å². The minimum atomic E-state index is -0.627. The molecule has 0 aliphatic rings. The van der Waals surface area contributed by atoms with Crippen molar-refractivity contribution in [3.8, 4) is 0 Å². The molecule has 106 valence electrons. The summed E-state index contributed by atoms with van der Waals surface area (Å²) in [6, 6.07) is 6.62. The molecule has 0 bridgehead atoms. The molecule has 0 saturated carbocycles. The fourth-order valence-electron chi connectivity index (χ4n) is 1.85. The Bertz CT molecular complexity index is 542. The lowest BCUT2D eigenvalue weighted by molar-refractivity contribution is -0.127. The van der Waals surface area contributed by atoms with E-state index in [1.807, 2.05) is 6.92 Å². The van der Waals surface area contributed by atoms with Crippen molar-refractivity contribution in [1.29, 1.82) is 0 Å². The first kappa shape index (κ1) is 14.1. The Kier molecular flexibility index (Phi) is 4.76. The highest BCUT2D eigenvalue weighted by molar-refractivity contribution is 6.41.